The summed E-state index contributed by atoms with van der Waals surface area (Å²) in [5.41, 5.74) is 0.726. The molecule has 0 aliphatic carbocycles. The van der Waals surface area contributed by atoms with E-state index in [1.807, 2.05) is 0 Å². The SMILES string of the molecule is CCN1CCC(O)C(Cc2cc(Br)c(O)c(Br)c2O)C1. The zero-order chi connectivity index (χ0) is 14.9. The number of benzene rings is 1. The highest BCUT2D eigenvalue weighted by molar-refractivity contribution is 9.11. The number of likely N-dealkylation sites (tertiary alicyclic amines) is 1. The van der Waals surface area contributed by atoms with Gasteiger partial charge in [0.05, 0.1) is 10.6 Å². The minimum atomic E-state index is -0.344. The molecule has 0 spiro atoms. The number of halogens is 2. The fourth-order valence-electron chi connectivity index (χ4n) is 2.67. The van der Waals surface area contributed by atoms with E-state index in [-0.39, 0.29) is 23.5 Å². The molecule has 1 aliphatic heterocycles. The Balaban J connectivity index is 2.21. The van der Waals surface area contributed by atoms with Gasteiger partial charge in [0, 0.05) is 19.0 Å². The van der Waals surface area contributed by atoms with Crippen molar-refractivity contribution in [1.82, 2.24) is 4.90 Å². The monoisotopic (exact) mass is 407 g/mol. The second-order valence-electron chi connectivity index (χ2n) is 5.24. The minimum Gasteiger partial charge on any atom is -0.506 e. The van der Waals surface area contributed by atoms with Gasteiger partial charge in [0.15, 0.2) is 0 Å². The molecule has 1 aromatic rings. The summed E-state index contributed by atoms with van der Waals surface area (Å²) in [7, 11) is 0. The quantitative estimate of drug-likeness (QED) is 0.719. The summed E-state index contributed by atoms with van der Waals surface area (Å²) in [4.78, 5) is 2.30. The van der Waals surface area contributed by atoms with E-state index in [2.05, 4.69) is 43.7 Å². The highest BCUT2D eigenvalue weighted by Crippen LogP contribution is 2.42. The number of hydrogen-bond donors (Lipinski definition) is 3. The van der Waals surface area contributed by atoms with Crippen molar-refractivity contribution in [3.8, 4) is 11.5 Å². The zero-order valence-corrected chi connectivity index (χ0v) is 14.5. The van der Waals surface area contributed by atoms with E-state index in [1.165, 1.54) is 0 Å². The molecule has 2 unspecified atom stereocenters. The van der Waals surface area contributed by atoms with Gasteiger partial charge < -0.3 is 20.2 Å². The summed E-state index contributed by atoms with van der Waals surface area (Å²) in [5, 5.41) is 30.0. The van der Waals surface area contributed by atoms with Crippen molar-refractivity contribution < 1.29 is 15.3 Å². The van der Waals surface area contributed by atoms with Gasteiger partial charge >= 0.3 is 0 Å². The van der Waals surface area contributed by atoms with Crippen molar-refractivity contribution in [2.45, 2.75) is 25.9 Å². The molecule has 0 amide bonds. The Kier molecular flexibility index (Phi) is 5.34. The summed E-state index contributed by atoms with van der Waals surface area (Å²) in [6, 6.07) is 1.72. The van der Waals surface area contributed by atoms with E-state index in [4.69, 9.17) is 0 Å². The number of aliphatic hydroxyl groups excluding tert-OH is 1. The first-order valence-electron chi connectivity index (χ1n) is 6.73. The molecule has 0 aromatic heterocycles. The Labute approximate surface area is 135 Å². The van der Waals surface area contributed by atoms with E-state index < -0.39 is 0 Å². The molecule has 0 saturated carbocycles. The Morgan fingerprint density at radius 1 is 1.30 bits per heavy atom. The zero-order valence-electron chi connectivity index (χ0n) is 11.3. The molecule has 1 aromatic carbocycles. The molecule has 20 heavy (non-hydrogen) atoms. The number of aliphatic hydroxyl groups is 1. The number of aromatic hydroxyl groups is 2. The average molecular weight is 409 g/mol. The molecule has 0 bridgehead atoms. The van der Waals surface area contributed by atoms with Gasteiger partial charge in [-0.15, -0.1) is 0 Å². The van der Waals surface area contributed by atoms with Crippen LogP contribution in [0.3, 0.4) is 0 Å². The van der Waals surface area contributed by atoms with Crippen LogP contribution >= 0.6 is 31.9 Å². The number of rotatable bonds is 3. The van der Waals surface area contributed by atoms with E-state index in [9.17, 15) is 15.3 Å². The fraction of sp³-hybridized carbons (Fsp3) is 0.571. The third-order valence-corrected chi connectivity index (χ3v) is 5.31. The third-order valence-electron chi connectivity index (χ3n) is 3.95. The fourth-order valence-corrected chi connectivity index (χ4v) is 3.88. The van der Waals surface area contributed by atoms with Crippen molar-refractivity contribution in [3.63, 3.8) is 0 Å². The van der Waals surface area contributed by atoms with Gasteiger partial charge in [-0.3, -0.25) is 0 Å². The van der Waals surface area contributed by atoms with Crippen LogP contribution in [0.2, 0.25) is 0 Å². The second kappa shape index (κ2) is 6.64. The van der Waals surface area contributed by atoms with Gasteiger partial charge in [0.25, 0.3) is 0 Å². The van der Waals surface area contributed by atoms with Gasteiger partial charge in [0.1, 0.15) is 16.0 Å². The lowest BCUT2D eigenvalue weighted by Crippen LogP contribution is -2.43. The van der Waals surface area contributed by atoms with E-state index >= 15 is 0 Å². The molecule has 1 saturated heterocycles. The second-order valence-corrected chi connectivity index (χ2v) is 6.89. The Bertz CT molecular complexity index is 496. The Morgan fingerprint density at radius 3 is 2.65 bits per heavy atom. The standard InChI is InChI=1S/C14H19Br2NO3/c1-2-17-4-3-11(18)9(7-17)5-8-6-10(15)14(20)12(16)13(8)19/h6,9,11,18-20H,2-5,7H2,1H3. The van der Waals surface area contributed by atoms with E-state index in [1.54, 1.807) is 6.07 Å². The first-order chi connectivity index (χ1) is 9.43. The van der Waals surface area contributed by atoms with Crippen molar-refractivity contribution in [1.29, 1.82) is 0 Å². The third kappa shape index (κ3) is 3.30. The normalized spacial score (nSPS) is 24.0. The Morgan fingerprint density at radius 2 is 2.00 bits per heavy atom. The van der Waals surface area contributed by atoms with Crippen LogP contribution in [-0.2, 0) is 6.42 Å². The molecule has 6 heteroatoms. The van der Waals surface area contributed by atoms with Crippen molar-refractivity contribution >= 4 is 31.9 Å². The summed E-state index contributed by atoms with van der Waals surface area (Å²) in [6.45, 7) is 4.83. The molecule has 1 aliphatic rings. The predicted octanol–water partition coefficient (Wildman–Crippen LogP) is 2.87. The van der Waals surface area contributed by atoms with Crippen LogP contribution < -0.4 is 0 Å². The molecular formula is C14H19Br2NO3. The maximum absolute atomic E-state index is 10.1. The molecule has 1 fully saturated rings. The largest absolute Gasteiger partial charge is 0.506 e. The van der Waals surface area contributed by atoms with Crippen LogP contribution in [0, 0.1) is 5.92 Å². The van der Waals surface area contributed by atoms with Crippen LogP contribution in [0.5, 0.6) is 11.5 Å². The maximum atomic E-state index is 10.1. The Hall–Kier alpha value is -0.300. The molecule has 1 heterocycles. The van der Waals surface area contributed by atoms with Crippen molar-refractivity contribution in [2.24, 2.45) is 5.92 Å². The summed E-state index contributed by atoms with van der Waals surface area (Å²) in [5.74, 6) is 0.134. The molecule has 2 rings (SSSR count). The maximum Gasteiger partial charge on any atom is 0.147 e. The number of hydrogen-bond acceptors (Lipinski definition) is 4. The highest BCUT2D eigenvalue weighted by atomic mass is 79.9. The van der Waals surface area contributed by atoms with Crippen LogP contribution in [0.1, 0.15) is 18.9 Å². The van der Waals surface area contributed by atoms with Gasteiger partial charge in [-0.2, -0.15) is 0 Å². The average Bonchev–Trinajstić information content (AvgIpc) is 2.44. The lowest BCUT2D eigenvalue weighted by molar-refractivity contribution is 0.0288. The topological polar surface area (TPSA) is 63.9 Å². The lowest BCUT2D eigenvalue weighted by atomic mass is 9.88. The number of phenolic OH excluding ortho intramolecular Hbond substituents is 2. The smallest absolute Gasteiger partial charge is 0.147 e. The lowest BCUT2D eigenvalue weighted by Gasteiger charge is -2.35. The molecule has 3 N–H and O–H groups in total. The predicted molar refractivity (Wildman–Crippen MR) is 85.1 cm³/mol. The number of piperidine rings is 1. The molecule has 0 radical (unpaired) electrons. The van der Waals surface area contributed by atoms with Crippen molar-refractivity contribution in [3.05, 3.63) is 20.6 Å². The van der Waals surface area contributed by atoms with Crippen LogP contribution in [0.15, 0.2) is 15.0 Å². The van der Waals surface area contributed by atoms with Gasteiger partial charge in [0.2, 0.25) is 0 Å². The first-order valence-corrected chi connectivity index (χ1v) is 8.31. The minimum absolute atomic E-state index is 0.00868. The molecular weight excluding hydrogens is 390 g/mol. The highest BCUT2D eigenvalue weighted by Gasteiger charge is 2.28. The first kappa shape index (κ1) is 16.1. The number of phenols is 2. The van der Waals surface area contributed by atoms with Gasteiger partial charge in [-0.25, -0.2) is 0 Å². The molecule has 2 atom stereocenters. The molecule has 4 nitrogen and oxygen atoms in total. The van der Waals surface area contributed by atoms with Crippen LogP contribution in [0.4, 0.5) is 0 Å². The van der Waals surface area contributed by atoms with Crippen LogP contribution in [-0.4, -0.2) is 46.0 Å². The van der Waals surface area contributed by atoms with Gasteiger partial charge in [-0.1, -0.05) is 6.92 Å². The summed E-state index contributed by atoms with van der Waals surface area (Å²) >= 11 is 6.46. The molecule has 112 valence electrons. The van der Waals surface area contributed by atoms with E-state index in [0.29, 0.717) is 15.4 Å². The van der Waals surface area contributed by atoms with Crippen LogP contribution in [0.25, 0.3) is 0 Å². The van der Waals surface area contributed by atoms with Gasteiger partial charge in [-0.05, 0) is 62.9 Å². The number of nitrogens with zero attached hydrogens (tertiary/aromatic N) is 1. The van der Waals surface area contributed by atoms with Crippen molar-refractivity contribution in [2.75, 3.05) is 19.6 Å². The summed E-state index contributed by atoms with van der Waals surface area (Å²) < 4.78 is 0.828. The van der Waals surface area contributed by atoms with E-state index in [0.717, 1.165) is 31.6 Å². The summed E-state index contributed by atoms with van der Waals surface area (Å²) in [6.07, 6.45) is 1.00.